The van der Waals surface area contributed by atoms with E-state index < -0.39 is 0 Å². The molecule has 7 aromatic carbocycles. The van der Waals surface area contributed by atoms with Crippen LogP contribution in [0.2, 0.25) is 0 Å². The normalized spacial score (nSPS) is 15.9. The predicted octanol–water partition coefficient (Wildman–Crippen LogP) is 12.5. The van der Waals surface area contributed by atoms with E-state index in [9.17, 15) is 0 Å². The van der Waals surface area contributed by atoms with Gasteiger partial charge in [-0.05, 0) is 106 Å². The van der Waals surface area contributed by atoms with Crippen molar-refractivity contribution in [3.05, 3.63) is 126 Å². The number of rotatable bonds is 5. The average molecular weight is 568 g/mol. The highest BCUT2D eigenvalue weighted by atomic mass is 16.3. The van der Waals surface area contributed by atoms with Crippen molar-refractivity contribution in [2.75, 3.05) is 4.90 Å². The molecular weight excluding hydrogens is 534 g/mol. The Balaban J connectivity index is 1.33. The maximum atomic E-state index is 6.66. The summed E-state index contributed by atoms with van der Waals surface area (Å²) in [4.78, 5) is 2.46. The summed E-state index contributed by atoms with van der Waals surface area (Å²) < 4.78 is 6.66. The van der Waals surface area contributed by atoms with Gasteiger partial charge in [-0.2, -0.15) is 0 Å². The van der Waals surface area contributed by atoms with Crippen LogP contribution in [0, 0.1) is 0 Å². The summed E-state index contributed by atoms with van der Waals surface area (Å²) in [5.41, 5.74) is 8.36. The van der Waals surface area contributed by atoms with Crippen LogP contribution in [0.5, 0.6) is 0 Å². The van der Waals surface area contributed by atoms with Crippen molar-refractivity contribution in [2.24, 2.45) is 0 Å². The van der Waals surface area contributed by atoms with Crippen LogP contribution in [-0.2, 0) is 0 Å². The van der Waals surface area contributed by atoms with Crippen LogP contribution in [0.25, 0.3) is 54.3 Å². The summed E-state index contributed by atoms with van der Waals surface area (Å²) in [6, 6.07) is 42.8. The molecule has 2 heteroatoms. The number of nitrogens with zero attached hydrogens (tertiary/aromatic N) is 1. The molecule has 1 aromatic heterocycles. The van der Waals surface area contributed by atoms with Crippen molar-refractivity contribution in [2.45, 2.75) is 50.4 Å². The monoisotopic (exact) mass is 567 g/mol. The minimum absolute atomic E-state index is 0.601. The zero-order valence-electron chi connectivity index (χ0n) is 24.7. The minimum atomic E-state index is 0.601. The van der Waals surface area contributed by atoms with Gasteiger partial charge >= 0.3 is 0 Å². The van der Waals surface area contributed by atoms with Crippen molar-refractivity contribution in [1.29, 1.82) is 0 Å². The summed E-state index contributed by atoms with van der Waals surface area (Å²) in [6.45, 7) is 0. The minimum Gasteiger partial charge on any atom is -0.454 e. The maximum Gasteiger partial charge on any atom is 0.159 e. The largest absolute Gasteiger partial charge is 0.454 e. The fraction of sp³-hybridized carbons (Fsp3) is 0.190. The van der Waals surface area contributed by atoms with Crippen LogP contribution >= 0.6 is 0 Å². The molecule has 1 heterocycles. The first kappa shape index (κ1) is 24.6. The quantitative estimate of drug-likeness (QED) is 0.192. The molecule has 2 fully saturated rings. The van der Waals surface area contributed by atoms with Gasteiger partial charge in [0.05, 0.1) is 11.4 Å². The van der Waals surface area contributed by atoms with Crippen LogP contribution < -0.4 is 4.90 Å². The Bertz CT molecular complexity index is 2360. The van der Waals surface area contributed by atoms with Crippen molar-refractivity contribution in [3.8, 4) is 0 Å². The van der Waals surface area contributed by atoms with E-state index in [0.717, 1.165) is 33.3 Å². The van der Waals surface area contributed by atoms with Gasteiger partial charge in [0.2, 0.25) is 0 Å². The maximum absolute atomic E-state index is 6.66. The lowest BCUT2D eigenvalue weighted by Gasteiger charge is -2.33. The van der Waals surface area contributed by atoms with E-state index in [1.807, 2.05) is 0 Å². The van der Waals surface area contributed by atoms with Gasteiger partial charge in [-0.1, -0.05) is 97.8 Å². The summed E-state index contributed by atoms with van der Waals surface area (Å²) in [6.07, 6.45) is 7.82. The van der Waals surface area contributed by atoms with Crippen LogP contribution in [0.15, 0.2) is 120 Å². The summed E-state index contributed by atoms with van der Waals surface area (Å²) in [5, 5.41) is 10.7. The summed E-state index contributed by atoms with van der Waals surface area (Å²) in [5.74, 6) is 1.29. The third-order valence-electron chi connectivity index (χ3n) is 10.8. The van der Waals surface area contributed by atoms with E-state index in [0.29, 0.717) is 11.8 Å². The highest BCUT2D eigenvalue weighted by Gasteiger charge is 2.29. The molecule has 0 atom stereocenters. The zero-order chi connectivity index (χ0) is 28.8. The molecule has 2 aliphatic rings. The van der Waals surface area contributed by atoms with Crippen molar-refractivity contribution < 1.29 is 4.42 Å². The molecule has 212 valence electrons. The van der Waals surface area contributed by atoms with Crippen molar-refractivity contribution >= 4 is 71.3 Å². The number of furan rings is 1. The van der Waals surface area contributed by atoms with Crippen LogP contribution in [0.1, 0.15) is 61.5 Å². The predicted molar refractivity (Wildman–Crippen MR) is 185 cm³/mol. The van der Waals surface area contributed by atoms with Crippen LogP contribution in [0.4, 0.5) is 17.1 Å². The fourth-order valence-corrected chi connectivity index (χ4v) is 8.14. The molecule has 0 aliphatic heterocycles. The highest BCUT2D eigenvalue weighted by Crippen LogP contribution is 2.52. The molecule has 0 amide bonds. The van der Waals surface area contributed by atoms with Crippen LogP contribution in [0.3, 0.4) is 0 Å². The first-order valence-corrected chi connectivity index (χ1v) is 16.3. The van der Waals surface area contributed by atoms with E-state index in [-0.39, 0.29) is 0 Å². The number of hydrogen-bond acceptors (Lipinski definition) is 2. The molecule has 10 rings (SSSR count). The first-order valence-electron chi connectivity index (χ1n) is 16.3. The lowest BCUT2D eigenvalue weighted by Crippen LogP contribution is -2.14. The Kier molecular flexibility index (Phi) is 5.22. The third-order valence-corrected chi connectivity index (χ3v) is 10.8. The Morgan fingerprint density at radius 3 is 2.00 bits per heavy atom. The van der Waals surface area contributed by atoms with E-state index >= 15 is 0 Å². The highest BCUT2D eigenvalue weighted by molar-refractivity contribution is 6.27. The Morgan fingerprint density at radius 2 is 1.18 bits per heavy atom. The lowest BCUT2D eigenvalue weighted by atomic mass is 9.75. The molecule has 0 saturated heterocycles. The molecule has 8 aromatic rings. The van der Waals surface area contributed by atoms with Gasteiger partial charge in [0.1, 0.15) is 5.58 Å². The Hall–Kier alpha value is -4.82. The van der Waals surface area contributed by atoms with Crippen molar-refractivity contribution in [1.82, 2.24) is 0 Å². The van der Waals surface area contributed by atoms with Gasteiger partial charge in [0.15, 0.2) is 5.58 Å². The summed E-state index contributed by atoms with van der Waals surface area (Å²) >= 11 is 0. The number of benzene rings is 7. The molecule has 2 nitrogen and oxygen atoms in total. The molecule has 2 saturated carbocycles. The standard InChI is InChI=1S/C42H33NO/c1-2-13-29(14-3-1)43(37-17-8-16-34-31-15-4-5-18-39(31)44-42(34)37)38-25-36(27-11-7-12-27)33-22-20-28-19-21-30(26-9-6-10-26)32-23-24-35(38)41(33)40(28)32/h1-5,8,13-27H,6-7,9-12H2. The second-order valence-corrected chi connectivity index (χ2v) is 13.1. The number of anilines is 3. The average Bonchev–Trinajstić information content (AvgIpc) is 3.40. The van der Waals surface area contributed by atoms with Gasteiger partial charge in [-0.3, -0.25) is 0 Å². The number of hydrogen-bond donors (Lipinski definition) is 0. The molecule has 0 spiro atoms. The fourth-order valence-electron chi connectivity index (χ4n) is 8.14. The SMILES string of the molecule is c1ccc(N(c2cc(C3CCC3)c3ccc4ccc(C5CCC5)c5ccc2c3c45)c2cccc3c2oc2ccccc23)cc1. The van der Waals surface area contributed by atoms with Gasteiger partial charge in [0.25, 0.3) is 0 Å². The van der Waals surface area contributed by atoms with Gasteiger partial charge in [-0.25, -0.2) is 0 Å². The molecule has 0 N–H and O–H groups in total. The Morgan fingerprint density at radius 1 is 0.500 bits per heavy atom. The van der Waals surface area contributed by atoms with E-state index in [2.05, 4.69) is 120 Å². The number of para-hydroxylation sites is 3. The molecule has 0 unspecified atom stereocenters. The smallest absolute Gasteiger partial charge is 0.159 e. The van der Waals surface area contributed by atoms with Crippen molar-refractivity contribution in [3.63, 3.8) is 0 Å². The third kappa shape index (κ3) is 3.43. The molecule has 0 radical (unpaired) electrons. The first-order chi connectivity index (χ1) is 21.8. The molecule has 44 heavy (non-hydrogen) atoms. The lowest BCUT2D eigenvalue weighted by molar-refractivity contribution is 0.422. The zero-order valence-corrected chi connectivity index (χ0v) is 24.7. The van der Waals surface area contributed by atoms with E-state index in [1.54, 1.807) is 5.56 Å². The second-order valence-electron chi connectivity index (χ2n) is 13.1. The topological polar surface area (TPSA) is 16.4 Å². The van der Waals surface area contributed by atoms with Crippen LogP contribution in [-0.4, -0.2) is 0 Å². The molecule has 0 bridgehead atoms. The molecule has 2 aliphatic carbocycles. The van der Waals surface area contributed by atoms with Gasteiger partial charge < -0.3 is 9.32 Å². The van der Waals surface area contributed by atoms with Gasteiger partial charge in [-0.15, -0.1) is 0 Å². The van der Waals surface area contributed by atoms with E-state index in [4.69, 9.17) is 4.42 Å². The summed E-state index contributed by atoms with van der Waals surface area (Å²) in [7, 11) is 0. The molecular formula is C42H33NO. The second kappa shape index (κ2) is 9.34. The Labute approximate surface area is 256 Å². The van der Waals surface area contributed by atoms with Gasteiger partial charge in [0, 0.05) is 21.8 Å². The van der Waals surface area contributed by atoms with E-state index in [1.165, 1.54) is 82.1 Å². The number of fused-ring (bicyclic) bond motifs is 3.